The molecule has 0 aromatic heterocycles. The third kappa shape index (κ3) is 5.66. The Morgan fingerprint density at radius 2 is 1.64 bits per heavy atom. The zero-order valence-electron chi connectivity index (χ0n) is 15.8. The van der Waals surface area contributed by atoms with E-state index in [1.165, 1.54) is 6.07 Å². The highest BCUT2D eigenvalue weighted by Gasteiger charge is 2.07. The van der Waals surface area contributed by atoms with Gasteiger partial charge in [-0.05, 0) is 49.0 Å². The second kappa shape index (κ2) is 9.67. The fourth-order valence-electron chi connectivity index (χ4n) is 2.75. The number of halogens is 1. The lowest BCUT2D eigenvalue weighted by atomic mass is 10.1. The highest BCUT2D eigenvalue weighted by Crippen LogP contribution is 2.15. The molecule has 1 N–H and O–H groups in total. The smallest absolute Gasteiger partial charge is 0.255 e. The molecule has 4 nitrogen and oxygen atoms in total. The molecule has 3 aromatic carbocycles. The highest BCUT2D eigenvalue weighted by molar-refractivity contribution is 6.04. The molecule has 3 rings (SSSR count). The van der Waals surface area contributed by atoms with E-state index in [1.54, 1.807) is 18.2 Å². The normalized spacial score (nSPS) is 10.7. The summed E-state index contributed by atoms with van der Waals surface area (Å²) in [5.74, 6) is -0.219. The Morgan fingerprint density at radius 3 is 2.36 bits per heavy atom. The first-order chi connectivity index (χ1) is 13.6. The Hall–Kier alpha value is -3.18. The van der Waals surface area contributed by atoms with Crippen LogP contribution in [0.15, 0.2) is 78.9 Å². The van der Waals surface area contributed by atoms with E-state index >= 15 is 0 Å². The second-order valence-electron chi connectivity index (χ2n) is 6.53. The van der Waals surface area contributed by atoms with E-state index in [0.29, 0.717) is 25.3 Å². The summed E-state index contributed by atoms with van der Waals surface area (Å²) >= 11 is 0. The molecule has 0 aliphatic carbocycles. The second-order valence-corrected chi connectivity index (χ2v) is 6.53. The van der Waals surface area contributed by atoms with Crippen molar-refractivity contribution in [1.29, 1.82) is 0 Å². The molecule has 0 radical (unpaired) electrons. The predicted octanol–water partition coefficient (Wildman–Crippen LogP) is 4.59. The average Bonchev–Trinajstić information content (AvgIpc) is 2.71. The van der Waals surface area contributed by atoms with Gasteiger partial charge >= 0.3 is 0 Å². The van der Waals surface area contributed by atoms with Crippen LogP contribution < -0.4 is 10.1 Å². The Bertz CT molecular complexity index is 898. The lowest BCUT2D eigenvalue weighted by molar-refractivity contribution is 0.102. The van der Waals surface area contributed by atoms with Crippen LogP contribution >= 0.6 is 0 Å². The van der Waals surface area contributed by atoms with Crippen molar-refractivity contribution in [3.8, 4) is 5.75 Å². The zero-order valence-corrected chi connectivity index (χ0v) is 15.8. The standard InChI is InChI=1S/C23H23FN2O2/c1-26(15-16-28-22-10-6-5-9-21(22)24)17-18-11-13-19(14-12-18)23(27)25-20-7-3-2-4-8-20/h2-14H,15-17H2,1H3,(H,25,27). The number of hydrogen-bond acceptors (Lipinski definition) is 3. The number of hydrogen-bond donors (Lipinski definition) is 1. The van der Waals surface area contributed by atoms with Crippen molar-refractivity contribution in [1.82, 2.24) is 4.90 Å². The molecule has 5 heteroatoms. The topological polar surface area (TPSA) is 41.6 Å². The first kappa shape index (κ1) is 19.6. The van der Waals surface area contributed by atoms with E-state index in [2.05, 4.69) is 10.2 Å². The van der Waals surface area contributed by atoms with Crippen LogP contribution in [0.5, 0.6) is 5.75 Å². The van der Waals surface area contributed by atoms with Gasteiger partial charge in [0.2, 0.25) is 0 Å². The Labute approximate surface area is 164 Å². The molecule has 0 atom stereocenters. The van der Waals surface area contributed by atoms with Crippen LogP contribution in [0.2, 0.25) is 0 Å². The molecule has 0 aliphatic rings. The van der Waals surface area contributed by atoms with Gasteiger partial charge in [-0.25, -0.2) is 4.39 Å². The summed E-state index contributed by atoms with van der Waals surface area (Å²) in [7, 11) is 1.97. The number of nitrogens with zero attached hydrogens (tertiary/aromatic N) is 1. The average molecular weight is 378 g/mol. The van der Waals surface area contributed by atoms with E-state index < -0.39 is 0 Å². The van der Waals surface area contributed by atoms with Crippen LogP contribution in [-0.4, -0.2) is 31.0 Å². The minimum absolute atomic E-state index is 0.135. The largest absolute Gasteiger partial charge is 0.489 e. The molecular formula is C23H23FN2O2. The number of nitrogens with one attached hydrogen (secondary N) is 1. The minimum Gasteiger partial charge on any atom is -0.489 e. The number of likely N-dealkylation sites (N-methyl/N-ethyl adjacent to an activating group) is 1. The van der Waals surface area contributed by atoms with E-state index in [0.717, 1.165) is 11.3 Å². The van der Waals surface area contributed by atoms with Crippen molar-refractivity contribution in [3.05, 3.63) is 95.8 Å². The van der Waals surface area contributed by atoms with Crippen molar-refractivity contribution in [2.24, 2.45) is 0 Å². The number of carbonyl (C=O) groups excluding carboxylic acids is 1. The monoisotopic (exact) mass is 378 g/mol. The number of anilines is 1. The van der Waals surface area contributed by atoms with Gasteiger partial charge in [0, 0.05) is 24.3 Å². The van der Waals surface area contributed by atoms with Crippen molar-refractivity contribution >= 4 is 11.6 Å². The fourth-order valence-corrected chi connectivity index (χ4v) is 2.75. The molecule has 1 amide bonds. The maximum absolute atomic E-state index is 13.5. The molecule has 0 fully saturated rings. The summed E-state index contributed by atoms with van der Waals surface area (Å²) < 4.78 is 19.0. The van der Waals surface area contributed by atoms with Crippen LogP contribution in [0.25, 0.3) is 0 Å². The third-order valence-corrected chi connectivity index (χ3v) is 4.27. The van der Waals surface area contributed by atoms with Gasteiger partial charge in [0.1, 0.15) is 6.61 Å². The predicted molar refractivity (Wildman–Crippen MR) is 109 cm³/mol. The van der Waals surface area contributed by atoms with E-state index in [1.807, 2.05) is 61.6 Å². The summed E-state index contributed by atoms with van der Waals surface area (Å²) in [6, 6.07) is 23.3. The molecule has 0 heterocycles. The summed E-state index contributed by atoms with van der Waals surface area (Å²) in [4.78, 5) is 14.4. The van der Waals surface area contributed by atoms with Gasteiger partial charge in [-0.2, -0.15) is 0 Å². The van der Waals surface area contributed by atoms with Crippen LogP contribution in [-0.2, 0) is 6.54 Å². The summed E-state index contributed by atoms with van der Waals surface area (Å²) in [6.45, 7) is 1.76. The van der Waals surface area contributed by atoms with Gasteiger partial charge in [0.15, 0.2) is 11.6 Å². The van der Waals surface area contributed by atoms with E-state index in [-0.39, 0.29) is 17.5 Å². The van der Waals surface area contributed by atoms with Crippen molar-refractivity contribution in [3.63, 3.8) is 0 Å². The maximum Gasteiger partial charge on any atom is 0.255 e. The van der Waals surface area contributed by atoms with Gasteiger partial charge in [0.05, 0.1) is 0 Å². The van der Waals surface area contributed by atoms with Crippen LogP contribution in [0, 0.1) is 5.82 Å². The molecule has 0 aliphatic heterocycles. The Balaban J connectivity index is 1.47. The van der Waals surface area contributed by atoms with Gasteiger partial charge < -0.3 is 10.1 Å². The molecule has 0 unspecified atom stereocenters. The molecular weight excluding hydrogens is 355 g/mol. The van der Waals surface area contributed by atoms with Gasteiger partial charge in [0.25, 0.3) is 5.91 Å². The number of ether oxygens (including phenoxy) is 1. The zero-order chi connectivity index (χ0) is 19.8. The first-order valence-electron chi connectivity index (χ1n) is 9.13. The third-order valence-electron chi connectivity index (χ3n) is 4.27. The lowest BCUT2D eigenvalue weighted by Crippen LogP contribution is -2.24. The molecule has 28 heavy (non-hydrogen) atoms. The van der Waals surface area contributed by atoms with Crippen LogP contribution in [0.1, 0.15) is 15.9 Å². The summed E-state index contributed by atoms with van der Waals surface area (Å²) in [5.41, 5.74) is 2.47. The SMILES string of the molecule is CN(CCOc1ccccc1F)Cc1ccc(C(=O)Nc2ccccc2)cc1. The summed E-state index contributed by atoms with van der Waals surface area (Å²) in [5, 5.41) is 2.87. The lowest BCUT2D eigenvalue weighted by Gasteiger charge is -2.17. The number of benzene rings is 3. The van der Waals surface area contributed by atoms with Crippen molar-refractivity contribution in [2.75, 3.05) is 25.5 Å². The number of amides is 1. The number of rotatable bonds is 8. The minimum atomic E-state index is -0.352. The van der Waals surface area contributed by atoms with E-state index in [4.69, 9.17) is 4.74 Å². The number of carbonyl (C=O) groups is 1. The van der Waals surface area contributed by atoms with Crippen molar-refractivity contribution < 1.29 is 13.9 Å². The molecule has 0 bridgehead atoms. The van der Waals surface area contributed by atoms with Crippen LogP contribution in [0.4, 0.5) is 10.1 Å². The van der Waals surface area contributed by atoms with Gasteiger partial charge in [-0.1, -0.05) is 42.5 Å². The maximum atomic E-state index is 13.5. The molecule has 0 saturated heterocycles. The fraction of sp³-hybridized carbons (Fsp3) is 0.174. The molecule has 0 saturated carbocycles. The van der Waals surface area contributed by atoms with Gasteiger partial charge in [-0.15, -0.1) is 0 Å². The Morgan fingerprint density at radius 1 is 0.964 bits per heavy atom. The summed E-state index contributed by atoms with van der Waals surface area (Å²) in [6.07, 6.45) is 0. The quantitative estimate of drug-likeness (QED) is 0.623. The Kier molecular flexibility index (Phi) is 6.76. The van der Waals surface area contributed by atoms with E-state index in [9.17, 15) is 9.18 Å². The van der Waals surface area contributed by atoms with Gasteiger partial charge in [-0.3, -0.25) is 9.69 Å². The highest BCUT2D eigenvalue weighted by atomic mass is 19.1. The van der Waals surface area contributed by atoms with Crippen molar-refractivity contribution in [2.45, 2.75) is 6.54 Å². The number of para-hydroxylation sites is 2. The molecule has 3 aromatic rings. The molecule has 144 valence electrons. The van der Waals surface area contributed by atoms with Crippen LogP contribution in [0.3, 0.4) is 0 Å². The first-order valence-corrected chi connectivity index (χ1v) is 9.13. The molecule has 0 spiro atoms.